The van der Waals surface area contributed by atoms with E-state index in [4.69, 9.17) is 4.74 Å². The fraction of sp³-hybridized carbons (Fsp3) is 0.688. The average Bonchev–Trinajstić information content (AvgIpc) is 2.84. The Hall–Kier alpha value is -1.51. The lowest BCUT2D eigenvalue weighted by Gasteiger charge is -2.25. The highest BCUT2D eigenvalue weighted by Gasteiger charge is 2.18. The van der Waals surface area contributed by atoms with Crippen LogP contribution in [-0.4, -0.2) is 73.0 Å². The maximum absolute atomic E-state index is 12.2. The molecule has 0 aliphatic heterocycles. The summed E-state index contributed by atoms with van der Waals surface area (Å²) < 4.78 is 4.92. The molecule has 0 atom stereocenters. The Morgan fingerprint density at radius 3 is 2.38 bits per heavy atom. The van der Waals surface area contributed by atoms with Crippen molar-refractivity contribution in [2.75, 3.05) is 51.8 Å². The lowest BCUT2D eigenvalue weighted by Crippen LogP contribution is -2.44. The van der Waals surface area contributed by atoms with Crippen LogP contribution in [0.1, 0.15) is 24.4 Å². The highest BCUT2D eigenvalue weighted by molar-refractivity contribution is 7.15. The van der Waals surface area contributed by atoms with Crippen LogP contribution in [-0.2, 0) is 14.3 Å². The molecule has 1 heterocycles. The SMILES string of the molecule is CCN(CC)CCN(CC(=O)Nc1nc(C)c(C)s1)C(=O)COC. The van der Waals surface area contributed by atoms with Crippen molar-refractivity contribution in [2.45, 2.75) is 27.7 Å². The summed E-state index contributed by atoms with van der Waals surface area (Å²) in [6.45, 7) is 11.0. The van der Waals surface area contributed by atoms with Crippen molar-refractivity contribution in [1.82, 2.24) is 14.8 Å². The normalized spacial score (nSPS) is 10.9. The summed E-state index contributed by atoms with van der Waals surface area (Å²) in [7, 11) is 1.47. The van der Waals surface area contributed by atoms with Gasteiger partial charge in [0.2, 0.25) is 11.8 Å². The van der Waals surface area contributed by atoms with Gasteiger partial charge in [0.15, 0.2) is 5.13 Å². The molecule has 0 radical (unpaired) electrons. The van der Waals surface area contributed by atoms with Gasteiger partial charge >= 0.3 is 0 Å². The van der Waals surface area contributed by atoms with E-state index in [9.17, 15) is 9.59 Å². The van der Waals surface area contributed by atoms with Crippen molar-refractivity contribution in [1.29, 1.82) is 0 Å². The van der Waals surface area contributed by atoms with Gasteiger partial charge in [-0.15, -0.1) is 11.3 Å². The van der Waals surface area contributed by atoms with E-state index in [2.05, 4.69) is 29.0 Å². The smallest absolute Gasteiger partial charge is 0.249 e. The van der Waals surface area contributed by atoms with Gasteiger partial charge in [0.25, 0.3) is 0 Å². The first-order valence-corrected chi connectivity index (χ1v) is 8.95. The number of aryl methyl sites for hydroxylation is 2. The van der Waals surface area contributed by atoms with E-state index in [1.807, 2.05) is 13.8 Å². The Kier molecular flexibility index (Phi) is 8.88. The molecule has 0 aliphatic rings. The molecule has 0 fully saturated rings. The summed E-state index contributed by atoms with van der Waals surface area (Å²) in [4.78, 5) is 33.5. The third-order valence-electron chi connectivity index (χ3n) is 3.81. The molecule has 0 aliphatic carbocycles. The van der Waals surface area contributed by atoms with Crippen LogP contribution in [0.4, 0.5) is 5.13 Å². The number of hydrogen-bond acceptors (Lipinski definition) is 6. The molecule has 7 nitrogen and oxygen atoms in total. The highest BCUT2D eigenvalue weighted by Crippen LogP contribution is 2.20. The second kappa shape index (κ2) is 10.4. The zero-order valence-electron chi connectivity index (χ0n) is 15.2. The molecule has 8 heteroatoms. The number of rotatable bonds is 10. The van der Waals surface area contributed by atoms with Crippen LogP contribution in [0, 0.1) is 13.8 Å². The van der Waals surface area contributed by atoms with Gasteiger partial charge in [0, 0.05) is 25.1 Å². The van der Waals surface area contributed by atoms with Gasteiger partial charge < -0.3 is 19.9 Å². The van der Waals surface area contributed by atoms with Crippen molar-refractivity contribution in [3.63, 3.8) is 0 Å². The van der Waals surface area contributed by atoms with Crippen molar-refractivity contribution in [3.05, 3.63) is 10.6 Å². The van der Waals surface area contributed by atoms with Crippen molar-refractivity contribution in [2.24, 2.45) is 0 Å². The zero-order chi connectivity index (χ0) is 18.1. The summed E-state index contributed by atoms with van der Waals surface area (Å²) in [5.74, 6) is -0.431. The van der Waals surface area contributed by atoms with E-state index >= 15 is 0 Å². The lowest BCUT2D eigenvalue weighted by atomic mass is 10.4. The monoisotopic (exact) mass is 356 g/mol. The second-order valence-corrected chi connectivity index (χ2v) is 6.69. The molecule has 0 bridgehead atoms. The molecule has 1 aromatic rings. The van der Waals surface area contributed by atoms with Gasteiger partial charge in [-0.25, -0.2) is 4.98 Å². The van der Waals surface area contributed by atoms with Crippen LogP contribution in [0.5, 0.6) is 0 Å². The van der Waals surface area contributed by atoms with E-state index in [1.54, 1.807) is 0 Å². The number of methoxy groups -OCH3 is 1. The van der Waals surface area contributed by atoms with E-state index in [-0.39, 0.29) is 25.0 Å². The number of anilines is 1. The minimum Gasteiger partial charge on any atom is -0.375 e. The Morgan fingerprint density at radius 2 is 1.88 bits per heavy atom. The fourth-order valence-electron chi connectivity index (χ4n) is 2.17. The predicted molar refractivity (Wildman–Crippen MR) is 96.5 cm³/mol. The Bertz CT molecular complexity index is 524. The van der Waals surface area contributed by atoms with E-state index in [0.29, 0.717) is 11.7 Å². The maximum Gasteiger partial charge on any atom is 0.249 e. The largest absolute Gasteiger partial charge is 0.375 e. The molecule has 1 N–H and O–H groups in total. The predicted octanol–water partition coefficient (Wildman–Crippen LogP) is 1.52. The van der Waals surface area contributed by atoms with Crippen molar-refractivity contribution >= 4 is 28.3 Å². The van der Waals surface area contributed by atoms with Crippen LogP contribution in [0.15, 0.2) is 0 Å². The van der Waals surface area contributed by atoms with Gasteiger partial charge in [-0.1, -0.05) is 13.8 Å². The molecule has 0 saturated carbocycles. The number of amides is 2. The van der Waals surface area contributed by atoms with Crippen LogP contribution >= 0.6 is 11.3 Å². The van der Waals surface area contributed by atoms with Crippen molar-refractivity contribution < 1.29 is 14.3 Å². The molecular weight excluding hydrogens is 328 g/mol. The molecule has 2 amide bonds. The summed E-state index contributed by atoms with van der Waals surface area (Å²) >= 11 is 1.43. The number of nitrogens with one attached hydrogen (secondary N) is 1. The summed E-state index contributed by atoms with van der Waals surface area (Å²) in [5.41, 5.74) is 0.907. The van der Waals surface area contributed by atoms with E-state index in [0.717, 1.165) is 30.2 Å². The van der Waals surface area contributed by atoms with Gasteiger partial charge in [-0.3, -0.25) is 9.59 Å². The topological polar surface area (TPSA) is 74.8 Å². The minimum absolute atomic E-state index is 0.00113. The number of carbonyl (C=O) groups is 2. The van der Waals surface area contributed by atoms with E-state index in [1.165, 1.54) is 23.3 Å². The summed E-state index contributed by atoms with van der Waals surface area (Å²) in [6, 6.07) is 0. The fourth-order valence-corrected chi connectivity index (χ4v) is 3.00. The highest BCUT2D eigenvalue weighted by atomic mass is 32.1. The van der Waals surface area contributed by atoms with Crippen LogP contribution in [0.2, 0.25) is 0 Å². The standard InChI is InChI=1S/C16H28N4O3S/c1-6-19(7-2)8-9-20(15(22)11-23-5)10-14(21)18-16-17-12(3)13(4)24-16/h6-11H2,1-5H3,(H,17,18,21). The second-order valence-electron chi connectivity index (χ2n) is 5.48. The molecule has 136 valence electrons. The van der Waals surface area contributed by atoms with Gasteiger partial charge in [-0.05, 0) is 26.9 Å². The zero-order valence-corrected chi connectivity index (χ0v) is 16.0. The number of thiazole rings is 1. The summed E-state index contributed by atoms with van der Waals surface area (Å²) in [6.07, 6.45) is 0. The van der Waals surface area contributed by atoms with Crippen LogP contribution < -0.4 is 5.32 Å². The molecule has 1 aromatic heterocycles. The maximum atomic E-state index is 12.2. The molecule has 1 rings (SSSR count). The molecule has 0 saturated heterocycles. The van der Waals surface area contributed by atoms with Crippen molar-refractivity contribution in [3.8, 4) is 0 Å². The van der Waals surface area contributed by atoms with Crippen LogP contribution in [0.3, 0.4) is 0 Å². The number of nitrogens with zero attached hydrogens (tertiary/aromatic N) is 3. The molecule has 0 aromatic carbocycles. The molecular formula is C16H28N4O3S. The van der Waals surface area contributed by atoms with E-state index < -0.39 is 0 Å². The lowest BCUT2D eigenvalue weighted by molar-refractivity contribution is -0.138. The van der Waals surface area contributed by atoms with Gasteiger partial charge in [-0.2, -0.15) is 0 Å². The minimum atomic E-state index is -0.243. The number of carbonyl (C=O) groups excluding carboxylic acids is 2. The summed E-state index contributed by atoms with van der Waals surface area (Å²) in [5, 5.41) is 3.33. The first-order valence-electron chi connectivity index (χ1n) is 8.14. The van der Waals surface area contributed by atoms with Gasteiger partial charge in [0.1, 0.15) is 13.2 Å². The Labute approximate surface area is 148 Å². The number of ether oxygens (including phenoxy) is 1. The molecule has 0 spiro atoms. The number of aromatic nitrogens is 1. The third kappa shape index (κ3) is 6.54. The number of hydrogen-bond donors (Lipinski definition) is 1. The van der Waals surface area contributed by atoms with Gasteiger partial charge in [0.05, 0.1) is 5.69 Å². The number of likely N-dealkylation sites (N-methyl/N-ethyl adjacent to an activating group) is 1. The quantitative estimate of drug-likeness (QED) is 0.688. The third-order valence-corrected chi connectivity index (χ3v) is 4.80. The Morgan fingerprint density at radius 1 is 1.21 bits per heavy atom. The average molecular weight is 356 g/mol. The first-order chi connectivity index (χ1) is 11.4. The molecule has 24 heavy (non-hydrogen) atoms. The molecule has 0 unspecified atom stereocenters. The van der Waals surface area contributed by atoms with Crippen LogP contribution in [0.25, 0.3) is 0 Å². The first kappa shape index (κ1) is 20.5. The Balaban J connectivity index is 2.65.